The number of benzene rings is 1. The molecule has 0 bridgehead atoms. The summed E-state index contributed by atoms with van der Waals surface area (Å²) >= 11 is 0. The second-order valence-corrected chi connectivity index (χ2v) is 7.59. The first-order valence-electron chi connectivity index (χ1n) is 10.2. The number of carbonyl (C=O) groups excluding carboxylic acids is 2. The summed E-state index contributed by atoms with van der Waals surface area (Å²) in [4.78, 5) is 29.4. The fourth-order valence-corrected chi connectivity index (χ4v) is 3.94. The zero-order chi connectivity index (χ0) is 19.2. The van der Waals surface area contributed by atoms with Crippen LogP contribution in [0.25, 0.3) is 0 Å². The van der Waals surface area contributed by atoms with Crippen LogP contribution in [0.15, 0.2) is 24.3 Å². The van der Waals surface area contributed by atoms with Gasteiger partial charge in [0.2, 0.25) is 11.8 Å². The second kappa shape index (κ2) is 9.33. The molecule has 0 aliphatic carbocycles. The van der Waals surface area contributed by atoms with Crippen LogP contribution >= 0.6 is 0 Å². The molecule has 6 nitrogen and oxygen atoms in total. The highest BCUT2D eigenvalue weighted by molar-refractivity contribution is 5.94. The summed E-state index contributed by atoms with van der Waals surface area (Å²) in [6.45, 7) is 8.17. The first kappa shape index (κ1) is 19.8. The van der Waals surface area contributed by atoms with Gasteiger partial charge in [0.25, 0.3) is 0 Å². The molecule has 148 valence electrons. The maximum atomic E-state index is 12.6. The number of nitrogens with zero attached hydrogens (tertiary/aromatic N) is 2. The molecule has 6 heteroatoms. The smallest absolute Gasteiger partial charge is 0.241 e. The number of hydrogen-bond acceptors (Lipinski definition) is 4. The number of anilines is 1. The first-order valence-corrected chi connectivity index (χ1v) is 10.2. The third-order valence-electron chi connectivity index (χ3n) is 5.85. The first-order chi connectivity index (χ1) is 13.1. The fourth-order valence-electron chi connectivity index (χ4n) is 3.94. The molecule has 2 fully saturated rings. The lowest BCUT2D eigenvalue weighted by molar-refractivity contribution is -0.128. The molecule has 3 rings (SSSR count). The fraction of sp³-hybridized carbons (Fsp3) is 0.619. The van der Waals surface area contributed by atoms with Crippen LogP contribution < -0.4 is 10.6 Å². The van der Waals surface area contributed by atoms with E-state index in [9.17, 15) is 9.59 Å². The van der Waals surface area contributed by atoms with Gasteiger partial charge in [0.1, 0.15) is 0 Å². The average Bonchev–Trinajstić information content (AvgIpc) is 2.92. The Balaban J connectivity index is 1.50. The van der Waals surface area contributed by atoms with Crippen molar-refractivity contribution in [3.05, 3.63) is 29.8 Å². The van der Waals surface area contributed by atoms with E-state index in [1.165, 1.54) is 5.56 Å². The molecule has 2 saturated heterocycles. The average molecular weight is 373 g/mol. The van der Waals surface area contributed by atoms with Crippen LogP contribution in [0.4, 0.5) is 5.69 Å². The highest BCUT2D eigenvalue weighted by atomic mass is 16.2. The number of piperazine rings is 1. The number of carbonyl (C=O) groups is 2. The number of nitrogens with one attached hydrogen (secondary N) is 2. The lowest BCUT2D eigenvalue weighted by Gasteiger charge is -2.40. The van der Waals surface area contributed by atoms with E-state index in [0.29, 0.717) is 0 Å². The lowest BCUT2D eigenvalue weighted by Crippen LogP contribution is -2.57. The molecule has 1 aromatic carbocycles. The third kappa shape index (κ3) is 5.08. The maximum absolute atomic E-state index is 12.6. The zero-order valence-electron chi connectivity index (χ0n) is 16.5. The van der Waals surface area contributed by atoms with Gasteiger partial charge >= 0.3 is 0 Å². The van der Waals surface area contributed by atoms with Gasteiger partial charge in [0, 0.05) is 38.4 Å². The van der Waals surface area contributed by atoms with E-state index < -0.39 is 0 Å². The molecule has 0 spiro atoms. The van der Waals surface area contributed by atoms with Gasteiger partial charge in [-0.15, -0.1) is 0 Å². The Hall–Kier alpha value is -1.92. The molecular formula is C21H32N4O2. The van der Waals surface area contributed by atoms with Crippen LogP contribution in [0.1, 0.15) is 38.7 Å². The summed E-state index contributed by atoms with van der Waals surface area (Å²) in [5.41, 5.74) is 2.11. The number of rotatable bonds is 5. The summed E-state index contributed by atoms with van der Waals surface area (Å²) in [5.74, 6) is 0.196. The van der Waals surface area contributed by atoms with Gasteiger partial charge in [-0.3, -0.25) is 19.4 Å². The van der Waals surface area contributed by atoms with E-state index in [2.05, 4.69) is 39.5 Å². The Morgan fingerprint density at radius 1 is 1.19 bits per heavy atom. The molecule has 2 aliphatic heterocycles. The Labute approximate surface area is 162 Å². The van der Waals surface area contributed by atoms with Crippen LogP contribution in [0.3, 0.4) is 0 Å². The Morgan fingerprint density at radius 3 is 2.56 bits per heavy atom. The van der Waals surface area contributed by atoms with E-state index in [1.54, 1.807) is 0 Å². The normalized spacial score (nSPS) is 23.3. The Kier molecular flexibility index (Phi) is 6.85. The lowest BCUT2D eigenvalue weighted by atomic mass is 10.1. The molecule has 0 aromatic heterocycles. The van der Waals surface area contributed by atoms with Crippen molar-refractivity contribution in [2.75, 3.05) is 38.0 Å². The van der Waals surface area contributed by atoms with Crippen LogP contribution in [0.5, 0.6) is 0 Å². The molecule has 2 aliphatic rings. The van der Waals surface area contributed by atoms with Crippen LogP contribution in [0, 0.1) is 0 Å². The summed E-state index contributed by atoms with van der Waals surface area (Å²) in [7, 11) is 0. The molecule has 0 radical (unpaired) electrons. The van der Waals surface area contributed by atoms with Crippen LogP contribution in [0.2, 0.25) is 0 Å². The molecule has 2 N–H and O–H groups in total. The predicted molar refractivity (Wildman–Crippen MR) is 108 cm³/mol. The quantitative estimate of drug-likeness (QED) is 0.828. The van der Waals surface area contributed by atoms with Crippen molar-refractivity contribution >= 4 is 17.5 Å². The topological polar surface area (TPSA) is 64.7 Å². The molecule has 2 unspecified atom stereocenters. The van der Waals surface area contributed by atoms with Crippen molar-refractivity contribution in [3.8, 4) is 0 Å². The van der Waals surface area contributed by atoms with Crippen molar-refractivity contribution < 1.29 is 9.59 Å². The second-order valence-electron chi connectivity index (χ2n) is 7.59. The molecule has 2 heterocycles. The van der Waals surface area contributed by atoms with Crippen molar-refractivity contribution in [1.82, 2.24) is 15.1 Å². The maximum Gasteiger partial charge on any atom is 0.241 e. The number of aryl methyl sites for hydroxylation is 1. The minimum Gasteiger partial charge on any atom is -0.355 e. The Bertz CT molecular complexity index is 638. The van der Waals surface area contributed by atoms with Gasteiger partial charge in [-0.25, -0.2) is 0 Å². The summed E-state index contributed by atoms with van der Waals surface area (Å²) in [6.07, 6.45) is 4.10. The van der Waals surface area contributed by atoms with Gasteiger partial charge in [-0.05, 0) is 50.3 Å². The van der Waals surface area contributed by atoms with Gasteiger partial charge in [0.05, 0.1) is 12.1 Å². The molecular weight excluding hydrogens is 340 g/mol. The molecule has 1 aromatic rings. The largest absolute Gasteiger partial charge is 0.355 e. The zero-order valence-corrected chi connectivity index (χ0v) is 16.5. The van der Waals surface area contributed by atoms with E-state index in [1.807, 2.05) is 19.1 Å². The summed E-state index contributed by atoms with van der Waals surface area (Å²) in [6, 6.07) is 7.85. The molecule has 2 atom stereocenters. The van der Waals surface area contributed by atoms with Gasteiger partial charge in [-0.2, -0.15) is 0 Å². The molecule has 0 saturated carbocycles. The summed E-state index contributed by atoms with van der Waals surface area (Å²) in [5, 5.41) is 6.04. The van der Waals surface area contributed by atoms with E-state index >= 15 is 0 Å². The van der Waals surface area contributed by atoms with Gasteiger partial charge < -0.3 is 10.6 Å². The van der Waals surface area contributed by atoms with Crippen molar-refractivity contribution in [2.45, 2.75) is 51.6 Å². The van der Waals surface area contributed by atoms with Crippen molar-refractivity contribution in [3.63, 3.8) is 0 Å². The van der Waals surface area contributed by atoms with Gasteiger partial charge in [-0.1, -0.05) is 19.1 Å². The number of amides is 2. The van der Waals surface area contributed by atoms with E-state index in [4.69, 9.17) is 0 Å². The van der Waals surface area contributed by atoms with E-state index in [-0.39, 0.29) is 23.9 Å². The third-order valence-corrected chi connectivity index (χ3v) is 5.85. The monoisotopic (exact) mass is 372 g/mol. The van der Waals surface area contributed by atoms with Crippen molar-refractivity contribution in [1.29, 1.82) is 0 Å². The van der Waals surface area contributed by atoms with Crippen LogP contribution in [-0.2, 0) is 16.0 Å². The standard InChI is InChI=1S/C21H32N4O2/c1-3-17-7-9-18(10-8-17)23-20(26)16(2)24-12-14-25(15-13-24)19-6-4-5-11-22-21(19)27/h7-10,16,19H,3-6,11-15H2,1-2H3,(H,22,27)(H,23,26). The Morgan fingerprint density at radius 2 is 1.89 bits per heavy atom. The molecule has 2 amide bonds. The highest BCUT2D eigenvalue weighted by Crippen LogP contribution is 2.17. The number of hydrogen-bond donors (Lipinski definition) is 2. The summed E-state index contributed by atoms with van der Waals surface area (Å²) < 4.78 is 0. The van der Waals surface area contributed by atoms with Gasteiger partial charge in [0.15, 0.2) is 0 Å². The predicted octanol–water partition coefficient (Wildman–Crippen LogP) is 1.86. The van der Waals surface area contributed by atoms with Crippen molar-refractivity contribution in [2.24, 2.45) is 0 Å². The minimum atomic E-state index is -0.180. The minimum absolute atomic E-state index is 0.00383. The highest BCUT2D eigenvalue weighted by Gasteiger charge is 2.32. The SMILES string of the molecule is CCc1ccc(NC(=O)C(C)N2CCN(C3CCCCNC3=O)CC2)cc1. The van der Waals surface area contributed by atoms with E-state index in [0.717, 1.165) is 64.1 Å². The molecule has 27 heavy (non-hydrogen) atoms. The van der Waals surface area contributed by atoms with Crippen LogP contribution in [-0.4, -0.2) is 66.4 Å².